The Labute approximate surface area is 300 Å². The van der Waals surface area contributed by atoms with Crippen LogP contribution in [0.5, 0.6) is 23.0 Å². The van der Waals surface area contributed by atoms with Crippen LogP contribution in [0, 0.1) is 0 Å². The molecule has 7 rings (SSSR count). The number of carbonyl (C=O) groups excluding carboxylic acids is 2. The lowest BCUT2D eigenvalue weighted by Gasteiger charge is -2.13. The van der Waals surface area contributed by atoms with Crippen LogP contribution in [0.4, 0.5) is 11.4 Å². The van der Waals surface area contributed by atoms with E-state index in [9.17, 15) is 9.59 Å². The van der Waals surface area contributed by atoms with Gasteiger partial charge < -0.3 is 29.6 Å². The predicted molar refractivity (Wildman–Crippen MR) is 203 cm³/mol. The number of nitrogens with zero attached hydrogens (tertiary/aromatic N) is 2. The van der Waals surface area contributed by atoms with Crippen molar-refractivity contribution >= 4 is 45.0 Å². The smallest absolute Gasteiger partial charge is 0.256 e. The monoisotopic (exact) mass is 690 g/mol. The number of amides is 2. The SMILES string of the molecule is COc1ccc(-c2cc(C(=O)Nc3ccc(NC(=O)c4cc(-c5ccc(OC)c(OC)c5)nc5ccccc45)cc3)c3ccccc3n2)cc1OC. The molecular formula is C42H34N4O6. The van der Waals surface area contributed by atoms with Crippen LogP contribution >= 0.6 is 0 Å². The fraction of sp³-hybridized carbons (Fsp3) is 0.0952. The highest BCUT2D eigenvalue weighted by molar-refractivity contribution is 6.14. The fourth-order valence-electron chi connectivity index (χ4n) is 6.05. The maximum absolute atomic E-state index is 13.8. The molecule has 0 aliphatic carbocycles. The fourth-order valence-corrected chi connectivity index (χ4v) is 6.05. The van der Waals surface area contributed by atoms with Crippen molar-refractivity contribution in [2.75, 3.05) is 39.1 Å². The Balaban J connectivity index is 1.13. The molecule has 5 aromatic carbocycles. The first-order chi connectivity index (χ1) is 25.4. The van der Waals surface area contributed by atoms with Crippen molar-refractivity contribution < 1.29 is 28.5 Å². The molecule has 2 heterocycles. The van der Waals surface area contributed by atoms with Crippen LogP contribution in [-0.4, -0.2) is 50.2 Å². The summed E-state index contributed by atoms with van der Waals surface area (Å²) in [7, 11) is 6.30. The van der Waals surface area contributed by atoms with E-state index in [2.05, 4.69) is 10.6 Å². The van der Waals surface area contributed by atoms with Gasteiger partial charge in [-0.25, -0.2) is 9.97 Å². The van der Waals surface area contributed by atoms with E-state index in [1.165, 1.54) is 0 Å². The molecule has 2 aromatic heterocycles. The van der Waals surface area contributed by atoms with E-state index in [0.717, 1.165) is 11.1 Å². The van der Waals surface area contributed by atoms with Gasteiger partial charge in [0.15, 0.2) is 23.0 Å². The lowest BCUT2D eigenvalue weighted by Crippen LogP contribution is -2.14. The van der Waals surface area contributed by atoms with Gasteiger partial charge in [-0.3, -0.25) is 9.59 Å². The Morgan fingerprint density at radius 1 is 0.462 bits per heavy atom. The largest absolute Gasteiger partial charge is 0.493 e. The summed E-state index contributed by atoms with van der Waals surface area (Å²) in [6.07, 6.45) is 0. The molecule has 52 heavy (non-hydrogen) atoms. The second-order valence-corrected chi connectivity index (χ2v) is 11.8. The van der Waals surface area contributed by atoms with Gasteiger partial charge in [0, 0.05) is 33.3 Å². The molecule has 0 aliphatic heterocycles. The number of rotatable bonds is 10. The summed E-state index contributed by atoms with van der Waals surface area (Å²) >= 11 is 0. The van der Waals surface area contributed by atoms with Gasteiger partial charge in [-0.1, -0.05) is 36.4 Å². The van der Waals surface area contributed by atoms with Gasteiger partial charge in [0.2, 0.25) is 0 Å². The van der Waals surface area contributed by atoms with E-state index in [0.29, 0.717) is 78.7 Å². The van der Waals surface area contributed by atoms with Gasteiger partial charge in [-0.05, 0) is 84.9 Å². The number of nitrogens with one attached hydrogen (secondary N) is 2. The topological polar surface area (TPSA) is 121 Å². The summed E-state index contributed by atoms with van der Waals surface area (Å²) in [5.74, 6) is 1.70. The average molecular weight is 691 g/mol. The summed E-state index contributed by atoms with van der Waals surface area (Å²) < 4.78 is 21.8. The van der Waals surface area contributed by atoms with E-state index >= 15 is 0 Å². The first-order valence-corrected chi connectivity index (χ1v) is 16.4. The maximum Gasteiger partial charge on any atom is 0.256 e. The normalized spacial score (nSPS) is 10.8. The van der Waals surface area contributed by atoms with E-state index in [1.807, 2.05) is 72.8 Å². The zero-order valence-corrected chi connectivity index (χ0v) is 28.9. The van der Waals surface area contributed by atoms with Crippen molar-refractivity contribution in [1.82, 2.24) is 9.97 Å². The minimum absolute atomic E-state index is 0.303. The van der Waals surface area contributed by atoms with E-state index in [1.54, 1.807) is 77.0 Å². The van der Waals surface area contributed by atoms with Crippen molar-refractivity contribution in [3.8, 4) is 45.5 Å². The molecular weight excluding hydrogens is 656 g/mol. The van der Waals surface area contributed by atoms with Gasteiger partial charge in [0.1, 0.15) is 0 Å². The van der Waals surface area contributed by atoms with Gasteiger partial charge in [0.05, 0.1) is 62.0 Å². The minimum Gasteiger partial charge on any atom is -0.493 e. The summed E-state index contributed by atoms with van der Waals surface area (Å²) in [5, 5.41) is 7.42. The first-order valence-electron chi connectivity index (χ1n) is 16.4. The second kappa shape index (κ2) is 14.5. The van der Waals surface area contributed by atoms with Gasteiger partial charge in [0.25, 0.3) is 11.8 Å². The van der Waals surface area contributed by atoms with Crippen LogP contribution in [0.2, 0.25) is 0 Å². The van der Waals surface area contributed by atoms with E-state index in [-0.39, 0.29) is 11.8 Å². The van der Waals surface area contributed by atoms with E-state index in [4.69, 9.17) is 28.9 Å². The second-order valence-electron chi connectivity index (χ2n) is 11.8. The number of aromatic nitrogens is 2. The Morgan fingerprint density at radius 2 is 0.846 bits per heavy atom. The molecule has 10 nitrogen and oxygen atoms in total. The number of benzene rings is 5. The van der Waals surface area contributed by atoms with Crippen LogP contribution in [0.3, 0.4) is 0 Å². The number of ether oxygens (including phenoxy) is 4. The predicted octanol–water partition coefficient (Wildman–Crippen LogP) is 8.66. The molecule has 2 N–H and O–H groups in total. The van der Waals surface area contributed by atoms with Crippen molar-refractivity contribution in [3.05, 3.63) is 132 Å². The molecule has 0 aliphatic rings. The zero-order valence-electron chi connectivity index (χ0n) is 28.9. The number of pyridine rings is 2. The molecule has 10 heteroatoms. The molecule has 0 atom stereocenters. The average Bonchev–Trinajstić information content (AvgIpc) is 3.20. The third-order valence-electron chi connectivity index (χ3n) is 8.68. The van der Waals surface area contributed by atoms with Crippen LogP contribution in [0.25, 0.3) is 44.3 Å². The molecule has 0 saturated carbocycles. The number of hydrogen-bond donors (Lipinski definition) is 2. The Hall–Kier alpha value is -6.94. The molecule has 0 fully saturated rings. The minimum atomic E-state index is -0.303. The van der Waals surface area contributed by atoms with Gasteiger partial charge >= 0.3 is 0 Å². The Kier molecular flexibility index (Phi) is 9.36. The number of fused-ring (bicyclic) bond motifs is 2. The Bertz CT molecular complexity index is 2290. The van der Waals surface area contributed by atoms with Crippen molar-refractivity contribution in [2.45, 2.75) is 0 Å². The molecule has 2 amide bonds. The van der Waals surface area contributed by atoms with Gasteiger partial charge in [-0.15, -0.1) is 0 Å². The third-order valence-corrected chi connectivity index (χ3v) is 8.68. The highest BCUT2D eigenvalue weighted by atomic mass is 16.5. The summed E-state index contributed by atoms with van der Waals surface area (Å²) in [6, 6.07) is 36.5. The molecule has 258 valence electrons. The Morgan fingerprint density at radius 3 is 1.23 bits per heavy atom. The van der Waals surface area contributed by atoms with E-state index < -0.39 is 0 Å². The molecule has 0 spiro atoms. The molecule has 7 aromatic rings. The molecule has 0 unspecified atom stereocenters. The highest BCUT2D eigenvalue weighted by Gasteiger charge is 2.18. The molecule has 0 radical (unpaired) electrons. The van der Waals surface area contributed by atoms with Crippen molar-refractivity contribution in [1.29, 1.82) is 0 Å². The quantitative estimate of drug-likeness (QED) is 0.146. The first kappa shape index (κ1) is 33.6. The highest BCUT2D eigenvalue weighted by Crippen LogP contribution is 2.35. The zero-order chi connectivity index (χ0) is 36.2. The van der Waals surface area contributed by atoms with Crippen molar-refractivity contribution in [2.24, 2.45) is 0 Å². The van der Waals surface area contributed by atoms with Crippen LogP contribution < -0.4 is 29.6 Å². The molecule has 0 saturated heterocycles. The summed E-state index contributed by atoms with van der Waals surface area (Å²) in [5.41, 5.74) is 6.16. The summed E-state index contributed by atoms with van der Waals surface area (Å²) in [6.45, 7) is 0. The lowest BCUT2D eigenvalue weighted by molar-refractivity contribution is 0.102. The number of carbonyl (C=O) groups is 2. The van der Waals surface area contributed by atoms with Crippen LogP contribution in [0.1, 0.15) is 20.7 Å². The molecule has 0 bridgehead atoms. The number of methoxy groups -OCH3 is 4. The third kappa shape index (κ3) is 6.65. The number of hydrogen-bond acceptors (Lipinski definition) is 8. The lowest BCUT2D eigenvalue weighted by atomic mass is 10.0. The van der Waals surface area contributed by atoms with Gasteiger partial charge in [-0.2, -0.15) is 0 Å². The standard InChI is InChI=1S/C42H34N4O6/c1-49-37-19-13-25(21-39(37)51-3)35-23-31(29-9-5-7-11-33(29)45-35)41(47)43-27-15-17-28(18-16-27)44-42(48)32-24-36(46-34-12-8-6-10-30(32)34)26-14-20-38(50-2)40(22-26)52-4/h5-24H,1-4H3,(H,43,47)(H,44,48). The van der Waals surface area contributed by atoms with Crippen LogP contribution in [0.15, 0.2) is 121 Å². The van der Waals surface area contributed by atoms with Crippen molar-refractivity contribution in [3.63, 3.8) is 0 Å². The van der Waals surface area contributed by atoms with Crippen LogP contribution in [-0.2, 0) is 0 Å². The summed E-state index contributed by atoms with van der Waals surface area (Å²) in [4.78, 5) is 37.1. The number of para-hydroxylation sites is 2. The maximum atomic E-state index is 13.8. The number of anilines is 2.